The molecule has 36 heavy (non-hydrogen) atoms. The molecule has 3 heterocycles. The number of fused-ring (bicyclic) bond motifs is 1. The summed E-state index contributed by atoms with van der Waals surface area (Å²) in [5.41, 5.74) is 1.09. The van der Waals surface area contributed by atoms with Gasteiger partial charge in [-0.2, -0.15) is 8.42 Å². The molecule has 0 spiro atoms. The van der Waals surface area contributed by atoms with Crippen LogP contribution in [0.2, 0.25) is 0 Å². The molecular weight excluding hydrogens is 500 g/mol. The van der Waals surface area contributed by atoms with E-state index >= 15 is 0 Å². The van der Waals surface area contributed by atoms with E-state index in [9.17, 15) is 16.8 Å². The number of hydrogen-bond acceptors (Lipinski definition) is 7. The van der Waals surface area contributed by atoms with E-state index in [2.05, 4.69) is 4.98 Å². The summed E-state index contributed by atoms with van der Waals surface area (Å²) in [6.45, 7) is 2.37. The fourth-order valence-electron chi connectivity index (χ4n) is 4.05. The monoisotopic (exact) mass is 524 g/mol. The Bertz CT molecular complexity index is 1640. The van der Waals surface area contributed by atoms with Crippen molar-refractivity contribution in [1.82, 2.24) is 8.96 Å². The first-order valence-electron chi connectivity index (χ1n) is 11.4. The van der Waals surface area contributed by atoms with Gasteiger partial charge in [-0.15, -0.1) is 0 Å². The van der Waals surface area contributed by atoms with Gasteiger partial charge in [-0.05, 0) is 68.3 Å². The van der Waals surface area contributed by atoms with Crippen LogP contribution in [0.1, 0.15) is 24.1 Å². The van der Waals surface area contributed by atoms with E-state index < -0.39 is 26.2 Å². The van der Waals surface area contributed by atoms with Gasteiger partial charge in [0, 0.05) is 18.2 Å². The highest BCUT2D eigenvalue weighted by atomic mass is 32.2. The molecule has 2 aromatic heterocycles. The minimum absolute atomic E-state index is 0.0345. The number of pyridine rings is 1. The quantitative estimate of drug-likeness (QED) is 0.259. The molecule has 1 aliphatic rings. The number of hydrogen-bond donors (Lipinski definition) is 0. The van der Waals surface area contributed by atoms with Crippen LogP contribution in [0.15, 0.2) is 94.9 Å². The highest BCUT2D eigenvalue weighted by Gasteiger charge is 2.30. The summed E-state index contributed by atoms with van der Waals surface area (Å²) in [5, 5.41) is 0.515. The summed E-state index contributed by atoms with van der Waals surface area (Å²) in [7, 11) is -8.44. The van der Waals surface area contributed by atoms with Crippen molar-refractivity contribution in [2.45, 2.75) is 35.7 Å². The molecule has 186 valence electrons. The van der Waals surface area contributed by atoms with E-state index in [0.29, 0.717) is 18.4 Å². The number of aryl methyl sites for hydroxylation is 1. The first-order valence-corrected chi connectivity index (χ1v) is 14.2. The second-order valence-electron chi connectivity index (χ2n) is 8.46. The zero-order valence-corrected chi connectivity index (χ0v) is 21.1. The molecule has 1 atom stereocenters. The summed E-state index contributed by atoms with van der Waals surface area (Å²) in [6.07, 6.45) is 4.04. The van der Waals surface area contributed by atoms with Crippen molar-refractivity contribution in [3.05, 3.63) is 96.3 Å². The molecular formula is C26H24N2O6S2. The smallest absolute Gasteiger partial charge is 0.339 e. The average Bonchev–Trinajstić information content (AvgIpc) is 3.52. The van der Waals surface area contributed by atoms with E-state index in [1.54, 1.807) is 48.5 Å². The van der Waals surface area contributed by atoms with E-state index in [0.717, 1.165) is 16.0 Å². The van der Waals surface area contributed by atoms with Gasteiger partial charge < -0.3 is 8.92 Å². The van der Waals surface area contributed by atoms with Crippen molar-refractivity contribution in [3.8, 4) is 0 Å². The Balaban J connectivity index is 1.71. The second kappa shape index (κ2) is 9.53. The van der Waals surface area contributed by atoms with Gasteiger partial charge in [-0.3, -0.25) is 0 Å². The van der Waals surface area contributed by atoms with Gasteiger partial charge in [0.1, 0.15) is 10.6 Å². The van der Waals surface area contributed by atoms with E-state index in [-0.39, 0.29) is 26.9 Å². The molecule has 1 unspecified atom stereocenters. The number of nitrogens with zero attached hydrogens (tertiary/aromatic N) is 2. The van der Waals surface area contributed by atoms with Crippen LogP contribution in [-0.2, 0) is 29.1 Å². The van der Waals surface area contributed by atoms with Gasteiger partial charge in [-0.25, -0.2) is 17.4 Å². The molecule has 1 fully saturated rings. The minimum Gasteiger partial charge on any atom is -0.377 e. The summed E-state index contributed by atoms with van der Waals surface area (Å²) < 4.78 is 66.5. The summed E-state index contributed by atoms with van der Waals surface area (Å²) >= 11 is 0. The standard InChI is InChI=1S/C26H24N2O6S2/c1-19-11-13-23(14-12-19)36(31,32)34-25(18-21-8-6-16-33-21)24-17-20-7-5-15-27-26(20)28(24)35(29,30)22-9-3-2-4-10-22/h2-5,7,9-15,17-18,21H,6,8,16H2,1H3. The number of benzene rings is 2. The van der Waals surface area contributed by atoms with Crippen LogP contribution in [0.5, 0.6) is 0 Å². The normalized spacial score (nSPS) is 16.9. The fourth-order valence-corrected chi connectivity index (χ4v) is 6.49. The Kier molecular flexibility index (Phi) is 6.42. The molecule has 2 aromatic carbocycles. The Morgan fingerprint density at radius 2 is 1.75 bits per heavy atom. The second-order valence-corrected chi connectivity index (χ2v) is 11.8. The zero-order valence-electron chi connectivity index (χ0n) is 19.4. The molecule has 0 amide bonds. The Morgan fingerprint density at radius 3 is 2.44 bits per heavy atom. The molecule has 0 bridgehead atoms. The molecule has 0 N–H and O–H groups in total. The zero-order chi connectivity index (χ0) is 25.3. The lowest BCUT2D eigenvalue weighted by Crippen LogP contribution is -2.18. The van der Waals surface area contributed by atoms with Crippen molar-refractivity contribution < 1.29 is 25.8 Å². The average molecular weight is 525 g/mol. The highest BCUT2D eigenvalue weighted by Crippen LogP contribution is 2.33. The molecule has 1 saturated heterocycles. The minimum atomic E-state index is -4.28. The fraction of sp³-hybridized carbons (Fsp3) is 0.192. The Hall–Kier alpha value is -3.47. The van der Waals surface area contributed by atoms with Crippen LogP contribution in [0.3, 0.4) is 0 Å². The van der Waals surface area contributed by atoms with Crippen LogP contribution >= 0.6 is 0 Å². The first kappa shape index (κ1) is 24.2. The lowest BCUT2D eigenvalue weighted by molar-refractivity contribution is 0.145. The Labute approximate surface area is 210 Å². The summed E-state index contributed by atoms with van der Waals surface area (Å²) in [6, 6.07) is 19.1. The van der Waals surface area contributed by atoms with Gasteiger partial charge >= 0.3 is 10.1 Å². The molecule has 0 saturated carbocycles. The highest BCUT2D eigenvalue weighted by molar-refractivity contribution is 7.90. The maximum atomic E-state index is 13.8. The van der Waals surface area contributed by atoms with Crippen LogP contribution in [0, 0.1) is 6.92 Å². The summed E-state index contributed by atoms with van der Waals surface area (Å²) in [5.74, 6) is -0.139. The maximum absolute atomic E-state index is 13.8. The molecule has 1 aliphatic heterocycles. The Morgan fingerprint density at radius 1 is 1.00 bits per heavy atom. The van der Waals surface area contributed by atoms with Crippen LogP contribution in [0.25, 0.3) is 16.8 Å². The lowest BCUT2D eigenvalue weighted by atomic mass is 10.2. The van der Waals surface area contributed by atoms with Crippen LogP contribution in [-0.4, -0.2) is 38.5 Å². The van der Waals surface area contributed by atoms with E-state index in [4.69, 9.17) is 8.92 Å². The molecule has 10 heteroatoms. The van der Waals surface area contributed by atoms with Crippen molar-refractivity contribution in [1.29, 1.82) is 0 Å². The summed E-state index contributed by atoms with van der Waals surface area (Å²) in [4.78, 5) is 4.28. The predicted octanol–water partition coefficient (Wildman–Crippen LogP) is 4.51. The molecule has 5 rings (SSSR count). The van der Waals surface area contributed by atoms with Crippen molar-refractivity contribution in [3.63, 3.8) is 0 Å². The van der Waals surface area contributed by atoms with Gasteiger partial charge in [-0.1, -0.05) is 35.9 Å². The third-order valence-corrected chi connectivity index (χ3v) is 8.83. The predicted molar refractivity (Wildman–Crippen MR) is 135 cm³/mol. The SMILES string of the molecule is Cc1ccc(S(=O)(=O)OC(=CC2CCCO2)c2cc3cccnc3n2S(=O)(=O)c2ccccc2)cc1. The van der Waals surface area contributed by atoms with E-state index in [1.807, 2.05) is 6.92 Å². The third kappa shape index (κ3) is 4.67. The topological polar surface area (TPSA) is 105 Å². The van der Waals surface area contributed by atoms with Crippen molar-refractivity contribution >= 4 is 36.9 Å². The largest absolute Gasteiger partial charge is 0.377 e. The van der Waals surface area contributed by atoms with Gasteiger partial charge in [0.25, 0.3) is 10.0 Å². The first-order chi connectivity index (χ1) is 17.3. The van der Waals surface area contributed by atoms with Crippen LogP contribution in [0.4, 0.5) is 0 Å². The molecule has 0 radical (unpaired) electrons. The lowest BCUT2D eigenvalue weighted by Gasteiger charge is -2.16. The van der Waals surface area contributed by atoms with Crippen LogP contribution < -0.4 is 0 Å². The third-order valence-electron chi connectivity index (χ3n) is 5.87. The van der Waals surface area contributed by atoms with E-state index in [1.165, 1.54) is 36.5 Å². The number of ether oxygens (including phenoxy) is 1. The number of rotatable bonds is 7. The van der Waals surface area contributed by atoms with Gasteiger partial charge in [0.2, 0.25) is 0 Å². The molecule has 0 aliphatic carbocycles. The number of aromatic nitrogens is 2. The van der Waals surface area contributed by atoms with Gasteiger partial charge in [0.15, 0.2) is 11.4 Å². The molecule has 4 aromatic rings. The molecule has 8 nitrogen and oxygen atoms in total. The van der Waals surface area contributed by atoms with Crippen molar-refractivity contribution in [2.24, 2.45) is 0 Å². The van der Waals surface area contributed by atoms with Gasteiger partial charge in [0.05, 0.1) is 11.0 Å². The van der Waals surface area contributed by atoms with Crippen molar-refractivity contribution in [2.75, 3.05) is 6.61 Å². The maximum Gasteiger partial charge on any atom is 0.339 e.